The highest BCUT2D eigenvalue weighted by atomic mass is 16.5. The quantitative estimate of drug-likeness (QED) is 0.207. The summed E-state index contributed by atoms with van der Waals surface area (Å²) in [5.41, 5.74) is 1.00. The first kappa shape index (κ1) is 34.2. The first-order valence-corrected chi connectivity index (χ1v) is 16.0. The third kappa shape index (κ3) is 8.98. The Kier molecular flexibility index (Phi) is 12.2. The van der Waals surface area contributed by atoms with E-state index in [4.69, 9.17) is 23.7 Å². The Bertz CT molecular complexity index is 1310. The van der Waals surface area contributed by atoms with Gasteiger partial charge in [0.05, 0.1) is 27.4 Å². The highest BCUT2D eigenvalue weighted by Crippen LogP contribution is 2.32. The normalized spacial score (nSPS) is 17.9. The largest absolute Gasteiger partial charge is 0.493 e. The average molecular weight is 625 g/mol. The molecule has 2 aromatic rings. The summed E-state index contributed by atoms with van der Waals surface area (Å²) in [6.07, 6.45) is 2.10. The van der Waals surface area contributed by atoms with Gasteiger partial charge in [0.15, 0.2) is 11.5 Å². The molecule has 10 nitrogen and oxygen atoms in total. The predicted molar refractivity (Wildman–Crippen MR) is 170 cm³/mol. The lowest BCUT2D eigenvalue weighted by Gasteiger charge is -2.28. The molecule has 2 aliphatic heterocycles. The Labute approximate surface area is 266 Å². The van der Waals surface area contributed by atoms with Crippen molar-refractivity contribution in [2.24, 2.45) is 5.41 Å². The molecule has 2 aromatic carbocycles. The molecule has 0 bridgehead atoms. The van der Waals surface area contributed by atoms with E-state index in [2.05, 4.69) is 4.90 Å². The fourth-order valence-electron chi connectivity index (χ4n) is 5.60. The molecule has 2 fully saturated rings. The topological polar surface area (TPSA) is 104 Å². The van der Waals surface area contributed by atoms with Gasteiger partial charge in [-0.05, 0) is 67.5 Å². The van der Waals surface area contributed by atoms with Crippen LogP contribution in [0.15, 0.2) is 42.5 Å². The molecule has 2 saturated heterocycles. The lowest BCUT2D eigenvalue weighted by molar-refractivity contribution is -0.161. The van der Waals surface area contributed by atoms with Crippen molar-refractivity contribution in [3.05, 3.63) is 53.6 Å². The summed E-state index contributed by atoms with van der Waals surface area (Å²) in [7, 11) is 3.19. The Morgan fingerprint density at radius 2 is 1.76 bits per heavy atom. The van der Waals surface area contributed by atoms with Crippen LogP contribution in [-0.2, 0) is 30.3 Å². The number of esters is 1. The van der Waals surface area contributed by atoms with Gasteiger partial charge >= 0.3 is 5.97 Å². The van der Waals surface area contributed by atoms with E-state index in [1.54, 1.807) is 28.1 Å². The summed E-state index contributed by atoms with van der Waals surface area (Å²) in [4.78, 5) is 43.6. The van der Waals surface area contributed by atoms with Gasteiger partial charge in [0, 0.05) is 31.6 Å². The van der Waals surface area contributed by atoms with E-state index in [0.29, 0.717) is 62.5 Å². The number of aryl methyl sites for hydroxylation is 1. The minimum Gasteiger partial charge on any atom is -0.493 e. The molecule has 1 unspecified atom stereocenters. The van der Waals surface area contributed by atoms with E-state index in [1.165, 1.54) is 4.90 Å². The van der Waals surface area contributed by atoms with E-state index in [1.807, 2.05) is 49.4 Å². The molecule has 2 aliphatic rings. The number of carbonyl (C=O) groups excluding carboxylic acids is 3. The number of hydrogen-bond acceptors (Lipinski definition) is 9. The maximum absolute atomic E-state index is 13.7. The van der Waals surface area contributed by atoms with Gasteiger partial charge in [-0.15, -0.1) is 0 Å². The summed E-state index contributed by atoms with van der Waals surface area (Å²) in [5, 5.41) is 0. The summed E-state index contributed by atoms with van der Waals surface area (Å²) < 4.78 is 28.6. The number of rotatable bonds is 15. The van der Waals surface area contributed by atoms with E-state index < -0.39 is 35.2 Å². The van der Waals surface area contributed by atoms with Crippen molar-refractivity contribution in [1.82, 2.24) is 9.80 Å². The Morgan fingerprint density at radius 1 is 1.00 bits per heavy atom. The number of ketones is 1. The summed E-state index contributed by atoms with van der Waals surface area (Å²) in [6, 6.07) is 12.6. The van der Waals surface area contributed by atoms with Crippen LogP contribution >= 0.6 is 0 Å². The second-order valence-electron chi connectivity index (χ2n) is 12.3. The van der Waals surface area contributed by atoms with Crippen molar-refractivity contribution < 1.29 is 38.1 Å². The molecule has 0 aromatic heterocycles. The van der Waals surface area contributed by atoms with E-state index in [0.717, 1.165) is 44.0 Å². The molecular weight excluding hydrogens is 576 g/mol. The molecule has 0 radical (unpaired) electrons. The fraction of sp³-hybridized carbons (Fsp3) is 0.571. The first-order chi connectivity index (χ1) is 21.7. The maximum atomic E-state index is 13.7. The number of nitrogens with zero attached hydrogens (tertiary/aromatic N) is 2. The minimum atomic E-state index is -0.800. The molecular formula is C35H48N2O8. The van der Waals surface area contributed by atoms with Gasteiger partial charge in [-0.1, -0.05) is 39.0 Å². The predicted octanol–water partition coefficient (Wildman–Crippen LogP) is 4.63. The average Bonchev–Trinajstić information content (AvgIpc) is 3.56. The van der Waals surface area contributed by atoms with Crippen LogP contribution in [0.4, 0.5) is 0 Å². The molecule has 2 heterocycles. The number of likely N-dealkylation sites (tertiary alicyclic amines) is 1. The van der Waals surface area contributed by atoms with Gasteiger partial charge in [0.2, 0.25) is 5.78 Å². The molecule has 0 spiro atoms. The zero-order valence-electron chi connectivity index (χ0n) is 27.3. The molecule has 4 rings (SSSR count). The standard InChI is InChI=1S/C35H48N2O8/c1-6-35(2,3)32(38)33(39)37-16-8-11-28(37)34(40)45-29(14-12-25-13-15-30(41-4)31(23-25)42-5)26-9-7-10-27(24-26)44-22-19-36-17-20-43-21-18-36/h7,9-10,13,15,23-24,28-29H,6,8,11-12,14,16-22H2,1-5H3/t28?,29-/m1/s1. The van der Waals surface area contributed by atoms with Gasteiger partial charge in [-0.25, -0.2) is 4.79 Å². The van der Waals surface area contributed by atoms with Crippen molar-refractivity contribution in [3.8, 4) is 17.2 Å². The molecule has 0 aliphatic carbocycles. The van der Waals surface area contributed by atoms with Crippen molar-refractivity contribution in [2.45, 2.75) is 65.0 Å². The SMILES string of the molecule is CCC(C)(C)C(=O)C(=O)N1CCCC1C(=O)O[C@H](CCc1ccc(OC)c(OC)c1)c1cccc(OCCN2CCOCC2)c1. The Morgan fingerprint density at radius 3 is 2.47 bits per heavy atom. The summed E-state index contributed by atoms with van der Waals surface area (Å²) >= 11 is 0. The van der Waals surface area contributed by atoms with Crippen LogP contribution < -0.4 is 14.2 Å². The molecule has 10 heteroatoms. The van der Waals surface area contributed by atoms with E-state index >= 15 is 0 Å². The number of carbonyl (C=O) groups is 3. The highest BCUT2D eigenvalue weighted by molar-refractivity contribution is 6.38. The second kappa shape index (κ2) is 16.1. The van der Waals surface area contributed by atoms with Crippen LogP contribution in [0.5, 0.6) is 17.2 Å². The zero-order chi connectivity index (χ0) is 32.4. The van der Waals surface area contributed by atoms with Crippen molar-refractivity contribution in [2.75, 3.05) is 60.2 Å². The van der Waals surface area contributed by atoms with Crippen LogP contribution in [0.25, 0.3) is 0 Å². The first-order valence-electron chi connectivity index (χ1n) is 16.0. The second-order valence-corrected chi connectivity index (χ2v) is 12.3. The number of methoxy groups -OCH3 is 2. The number of Topliss-reactive ketones (excluding diaryl/α,β-unsaturated/α-hetero) is 1. The van der Waals surface area contributed by atoms with Crippen molar-refractivity contribution >= 4 is 17.7 Å². The van der Waals surface area contributed by atoms with Crippen molar-refractivity contribution in [1.29, 1.82) is 0 Å². The summed E-state index contributed by atoms with van der Waals surface area (Å²) in [6.45, 7) is 10.3. The molecule has 1 amide bonds. The van der Waals surface area contributed by atoms with Crippen LogP contribution in [0.1, 0.15) is 63.7 Å². The number of amides is 1. The number of benzene rings is 2. The molecule has 2 atom stereocenters. The van der Waals surface area contributed by atoms with Gasteiger partial charge in [-0.2, -0.15) is 0 Å². The van der Waals surface area contributed by atoms with Gasteiger partial charge in [-0.3, -0.25) is 14.5 Å². The third-order valence-electron chi connectivity index (χ3n) is 8.89. The van der Waals surface area contributed by atoms with Gasteiger partial charge < -0.3 is 28.6 Å². The third-order valence-corrected chi connectivity index (χ3v) is 8.89. The summed E-state index contributed by atoms with van der Waals surface area (Å²) in [5.74, 6) is 0.365. The maximum Gasteiger partial charge on any atom is 0.329 e. The van der Waals surface area contributed by atoms with Gasteiger partial charge in [0.25, 0.3) is 5.91 Å². The van der Waals surface area contributed by atoms with Crippen molar-refractivity contribution in [3.63, 3.8) is 0 Å². The monoisotopic (exact) mass is 624 g/mol. The van der Waals surface area contributed by atoms with Crippen LogP contribution in [0.3, 0.4) is 0 Å². The minimum absolute atomic E-state index is 0.354. The lowest BCUT2D eigenvalue weighted by atomic mass is 9.84. The smallest absolute Gasteiger partial charge is 0.329 e. The van der Waals surface area contributed by atoms with Crippen LogP contribution in [0, 0.1) is 5.41 Å². The molecule has 0 N–H and O–H groups in total. The number of ether oxygens (including phenoxy) is 5. The highest BCUT2D eigenvalue weighted by Gasteiger charge is 2.42. The van der Waals surface area contributed by atoms with Gasteiger partial charge in [0.1, 0.15) is 24.5 Å². The van der Waals surface area contributed by atoms with Crippen LogP contribution in [-0.4, -0.2) is 93.7 Å². The Balaban J connectivity index is 1.51. The Hall–Kier alpha value is -3.63. The zero-order valence-corrected chi connectivity index (χ0v) is 27.3. The van der Waals surface area contributed by atoms with E-state index in [-0.39, 0.29) is 0 Å². The van der Waals surface area contributed by atoms with E-state index in [9.17, 15) is 14.4 Å². The lowest BCUT2D eigenvalue weighted by Crippen LogP contribution is -2.48. The fourth-order valence-corrected chi connectivity index (χ4v) is 5.60. The number of morpholine rings is 1. The molecule has 246 valence electrons. The molecule has 0 saturated carbocycles. The number of hydrogen-bond donors (Lipinski definition) is 0. The molecule has 45 heavy (non-hydrogen) atoms. The van der Waals surface area contributed by atoms with Crippen LogP contribution in [0.2, 0.25) is 0 Å².